The predicted molar refractivity (Wildman–Crippen MR) is 96.5 cm³/mol. The summed E-state index contributed by atoms with van der Waals surface area (Å²) in [5.41, 5.74) is 0.463. The normalized spacial score (nSPS) is 21.5. The van der Waals surface area contributed by atoms with Gasteiger partial charge in [0.15, 0.2) is 16.4 Å². The van der Waals surface area contributed by atoms with Crippen molar-refractivity contribution in [1.82, 2.24) is 5.32 Å². The molecule has 0 unspecified atom stereocenters. The topological polar surface area (TPSA) is 98.8 Å². The van der Waals surface area contributed by atoms with E-state index in [0.717, 1.165) is 5.56 Å². The van der Waals surface area contributed by atoms with Gasteiger partial charge in [0.1, 0.15) is 0 Å². The second kappa shape index (κ2) is 8.18. The number of hydrogen-bond donors (Lipinski definition) is 1. The zero-order valence-electron chi connectivity index (χ0n) is 15.3. The molecule has 1 aromatic carbocycles. The van der Waals surface area contributed by atoms with Crippen molar-refractivity contribution >= 4 is 21.7 Å². The molecule has 0 radical (unpaired) electrons. The second-order valence-electron chi connectivity index (χ2n) is 7.08. The third kappa shape index (κ3) is 6.10. The molecule has 8 heteroatoms. The number of hydrogen-bond acceptors (Lipinski definition) is 6. The molecule has 2 rings (SSSR count). The first-order chi connectivity index (χ1) is 12.1. The molecular formula is C18H25NO6S. The van der Waals surface area contributed by atoms with E-state index in [1.54, 1.807) is 31.2 Å². The zero-order valence-corrected chi connectivity index (χ0v) is 16.1. The maximum atomic E-state index is 12.0. The number of benzene rings is 1. The molecule has 7 nitrogen and oxygen atoms in total. The van der Waals surface area contributed by atoms with Crippen molar-refractivity contribution in [2.24, 2.45) is 0 Å². The largest absolute Gasteiger partial charge is 0.452 e. The fraction of sp³-hybridized carbons (Fsp3) is 0.556. The van der Waals surface area contributed by atoms with E-state index in [0.29, 0.717) is 18.6 Å². The number of rotatable bonds is 7. The van der Waals surface area contributed by atoms with Gasteiger partial charge < -0.3 is 14.8 Å². The molecule has 0 bridgehead atoms. The van der Waals surface area contributed by atoms with Crippen molar-refractivity contribution in [3.8, 4) is 0 Å². The summed E-state index contributed by atoms with van der Waals surface area (Å²) in [5.74, 6) is -1.17. The van der Waals surface area contributed by atoms with E-state index in [4.69, 9.17) is 9.47 Å². The number of carbonyl (C=O) groups excluding carboxylic acids is 2. The molecule has 1 amide bonds. The van der Waals surface area contributed by atoms with Gasteiger partial charge in [0, 0.05) is 0 Å². The Morgan fingerprint density at radius 3 is 2.42 bits per heavy atom. The fourth-order valence-corrected chi connectivity index (χ4v) is 4.79. The van der Waals surface area contributed by atoms with E-state index in [1.165, 1.54) is 0 Å². The van der Waals surface area contributed by atoms with Crippen molar-refractivity contribution < 1.29 is 27.5 Å². The Labute approximate surface area is 154 Å². The van der Waals surface area contributed by atoms with Crippen LogP contribution in [0.2, 0.25) is 0 Å². The van der Waals surface area contributed by atoms with E-state index in [2.05, 4.69) is 5.32 Å². The zero-order chi connectivity index (χ0) is 19.4. The number of nitrogens with one attached hydrogen (secondary N) is 1. The summed E-state index contributed by atoms with van der Waals surface area (Å²) in [4.78, 5) is 24.0. The van der Waals surface area contributed by atoms with Crippen LogP contribution in [0.4, 0.5) is 0 Å². The molecule has 1 fully saturated rings. The van der Waals surface area contributed by atoms with Crippen LogP contribution in [0.1, 0.15) is 43.1 Å². The average molecular weight is 383 g/mol. The molecule has 1 aliphatic heterocycles. The highest BCUT2D eigenvalue weighted by molar-refractivity contribution is 7.91. The summed E-state index contributed by atoms with van der Waals surface area (Å²) in [5, 5.41) is 2.64. The van der Waals surface area contributed by atoms with Gasteiger partial charge in [-0.05, 0) is 44.9 Å². The first-order valence-electron chi connectivity index (χ1n) is 8.48. The van der Waals surface area contributed by atoms with E-state index < -0.39 is 33.9 Å². The van der Waals surface area contributed by atoms with Crippen LogP contribution >= 0.6 is 0 Å². The molecule has 0 saturated carbocycles. The quantitative estimate of drug-likeness (QED) is 0.716. The summed E-state index contributed by atoms with van der Waals surface area (Å²) in [6, 6.07) is 6.77. The minimum absolute atomic E-state index is 0.0520. The van der Waals surface area contributed by atoms with Crippen LogP contribution in [-0.2, 0) is 30.7 Å². The molecule has 144 valence electrons. The highest BCUT2D eigenvalue weighted by Crippen LogP contribution is 2.22. The molecule has 0 aromatic heterocycles. The Kier molecular flexibility index (Phi) is 6.41. The molecule has 26 heavy (non-hydrogen) atoms. The SMILES string of the molecule is CC(C)OCc1ccc(C(=O)OCC(=O)N[C@]2(C)CCS(=O)(=O)C2)cc1. The van der Waals surface area contributed by atoms with E-state index >= 15 is 0 Å². The van der Waals surface area contributed by atoms with Gasteiger partial charge in [0.05, 0.1) is 35.3 Å². The molecule has 1 saturated heterocycles. The smallest absolute Gasteiger partial charge is 0.338 e. The summed E-state index contributed by atoms with van der Waals surface area (Å²) < 4.78 is 33.6. The summed E-state index contributed by atoms with van der Waals surface area (Å²) in [6.07, 6.45) is 0.476. The highest BCUT2D eigenvalue weighted by Gasteiger charge is 2.39. The molecule has 1 N–H and O–H groups in total. The average Bonchev–Trinajstić information content (AvgIpc) is 2.84. The van der Waals surface area contributed by atoms with Crippen LogP contribution in [-0.4, -0.2) is 50.0 Å². The van der Waals surface area contributed by atoms with Gasteiger partial charge >= 0.3 is 5.97 Å². The van der Waals surface area contributed by atoms with Crippen LogP contribution in [0.5, 0.6) is 0 Å². The third-order valence-corrected chi connectivity index (χ3v) is 5.95. The van der Waals surface area contributed by atoms with Gasteiger partial charge in [-0.25, -0.2) is 13.2 Å². The van der Waals surface area contributed by atoms with Gasteiger partial charge in [0.2, 0.25) is 0 Å². The number of sulfone groups is 1. The van der Waals surface area contributed by atoms with Crippen molar-refractivity contribution in [2.75, 3.05) is 18.1 Å². The molecule has 1 heterocycles. The van der Waals surface area contributed by atoms with Crippen LogP contribution in [0, 0.1) is 0 Å². The Morgan fingerprint density at radius 1 is 1.23 bits per heavy atom. The standard InChI is InChI=1S/C18H25NO6S/c1-13(2)24-10-14-4-6-15(7-5-14)17(21)25-11-16(20)19-18(3)8-9-26(22,23)12-18/h4-7,13H,8-12H2,1-3H3,(H,19,20)/t18-/m1/s1. The number of ether oxygens (including phenoxy) is 2. The summed E-state index contributed by atoms with van der Waals surface area (Å²) in [6.45, 7) is 5.56. The molecule has 1 aromatic rings. The number of amides is 1. The van der Waals surface area contributed by atoms with Crippen molar-refractivity contribution in [3.63, 3.8) is 0 Å². The van der Waals surface area contributed by atoms with Gasteiger partial charge in [-0.1, -0.05) is 12.1 Å². The number of carbonyl (C=O) groups is 2. The van der Waals surface area contributed by atoms with E-state index in [-0.39, 0.29) is 17.6 Å². The predicted octanol–water partition coefficient (Wildman–Crippen LogP) is 1.46. The minimum Gasteiger partial charge on any atom is -0.452 e. The summed E-state index contributed by atoms with van der Waals surface area (Å²) >= 11 is 0. The van der Waals surface area contributed by atoms with E-state index in [1.807, 2.05) is 13.8 Å². The molecular weight excluding hydrogens is 358 g/mol. The van der Waals surface area contributed by atoms with Crippen molar-refractivity contribution in [3.05, 3.63) is 35.4 Å². The van der Waals surface area contributed by atoms with Crippen LogP contribution < -0.4 is 5.32 Å². The maximum absolute atomic E-state index is 12.0. The molecule has 1 atom stereocenters. The monoisotopic (exact) mass is 383 g/mol. The van der Waals surface area contributed by atoms with E-state index in [9.17, 15) is 18.0 Å². The Balaban J connectivity index is 1.81. The van der Waals surface area contributed by atoms with Crippen molar-refractivity contribution in [2.45, 2.75) is 45.4 Å². The lowest BCUT2D eigenvalue weighted by atomic mass is 10.0. The maximum Gasteiger partial charge on any atom is 0.338 e. The lowest BCUT2D eigenvalue weighted by Crippen LogP contribution is -2.48. The Morgan fingerprint density at radius 2 is 1.88 bits per heavy atom. The van der Waals surface area contributed by atoms with Gasteiger partial charge in [-0.15, -0.1) is 0 Å². The first kappa shape index (κ1) is 20.4. The molecule has 0 aliphatic carbocycles. The first-order valence-corrected chi connectivity index (χ1v) is 10.3. The van der Waals surface area contributed by atoms with Gasteiger partial charge in [-0.3, -0.25) is 4.79 Å². The fourth-order valence-electron chi connectivity index (χ4n) is 2.70. The second-order valence-corrected chi connectivity index (χ2v) is 9.27. The van der Waals surface area contributed by atoms with Crippen LogP contribution in [0.3, 0.4) is 0 Å². The lowest BCUT2D eigenvalue weighted by molar-refractivity contribution is -0.125. The van der Waals surface area contributed by atoms with Crippen LogP contribution in [0.15, 0.2) is 24.3 Å². The number of esters is 1. The molecule has 0 spiro atoms. The Hall–Kier alpha value is -1.93. The Bertz CT molecular complexity index is 756. The van der Waals surface area contributed by atoms with Crippen molar-refractivity contribution in [1.29, 1.82) is 0 Å². The summed E-state index contributed by atoms with van der Waals surface area (Å²) in [7, 11) is -3.12. The third-order valence-electron chi connectivity index (χ3n) is 4.05. The lowest BCUT2D eigenvalue weighted by Gasteiger charge is -2.23. The highest BCUT2D eigenvalue weighted by atomic mass is 32.2. The van der Waals surface area contributed by atoms with Crippen LogP contribution in [0.25, 0.3) is 0 Å². The minimum atomic E-state index is -3.12. The molecule has 1 aliphatic rings. The van der Waals surface area contributed by atoms with Gasteiger partial charge in [-0.2, -0.15) is 0 Å². The van der Waals surface area contributed by atoms with Gasteiger partial charge in [0.25, 0.3) is 5.91 Å².